The van der Waals surface area contributed by atoms with Gasteiger partial charge in [-0.1, -0.05) is 12.1 Å². The summed E-state index contributed by atoms with van der Waals surface area (Å²) in [5.74, 6) is -1.54. The van der Waals surface area contributed by atoms with Gasteiger partial charge in [0.2, 0.25) is 0 Å². The summed E-state index contributed by atoms with van der Waals surface area (Å²) in [6, 6.07) is 8.82. The van der Waals surface area contributed by atoms with Crippen LogP contribution in [0.5, 0.6) is 0 Å². The highest BCUT2D eigenvalue weighted by Gasteiger charge is 2.26. The van der Waals surface area contributed by atoms with Gasteiger partial charge in [-0.3, -0.25) is 4.90 Å². The lowest BCUT2D eigenvalue weighted by Crippen LogP contribution is -2.22. The second-order valence-electron chi connectivity index (χ2n) is 4.89. The molecule has 0 bridgehead atoms. The highest BCUT2D eigenvalue weighted by Crippen LogP contribution is 2.35. The lowest BCUT2D eigenvalue weighted by molar-refractivity contribution is 0.251. The van der Waals surface area contributed by atoms with Crippen LogP contribution in [0.4, 0.5) is 8.78 Å². The quantitative estimate of drug-likeness (QED) is 0.806. The number of likely N-dealkylation sites (tertiary alicyclic amines) is 1. The molecule has 0 amide bonds. The van der Waals surface area contributed by atoms with Crippen molar-refractivity contribution < 1.29 is 8.78 Å². The molecule has 1 nitrogen and oxygen atoms in total. The maximum atomic E-state index is 13.2. The second-order valence-corrected chi connectivity index (χ2v) is 5.87. The number of benzene rings is 1. The van der Waals surface area contributed by atoms with Crippen LogP contribution in [0.1, 0.15) is 29.3 Å². The van der Waals surface area contributed by atoms with Crippen molar-refractivity contribution in [3.63, 3.8) is 0 Å². The number of halogens is 2. The lowest BCUT2D eigenvalue weighted by atomic mass is 10.1. The molecule has 19 heavy (non-hydrogen) atoms. The van der Waals surface area contributed by atoms with Crippen molar-refractivity contribution in [1.29, 1.82) is 0 Å². The Labute approximate surface area is 115 Å². The van der Waals surface area contributed by atoms with E-state index in [4.69, 9.17) is 0 Å². The predicted octanol–water partition coefficient (Wildman–Crippen LogP) is 4.36. The number of nitrogens with zero attached hydrogens (tertiary/aromatic N) is 1. The Balaban J connectivity index is 1.76. The smallest absolute Gasteiger partial charge is 0.159 e. The molecular weight excluding hydrogens is 264 g/mol. The second kappa shape index (κ2) is 5.39. The Morgan fingerprint density at radius 1 is 1.21 bits per heavy atom. The fraction of sp³-hybridized carbons (Fsp3) is 0.333. The molecule has 1 aromatic heterocycles. The zero-order chi connectivity index (χ0) is 13.2. The number of thiophene rings is 1. The summed E-state index contributed by atoms with van der Waals surface area (Å²) in [6.45, 7) is 1.70. The van der Waals surface area contributed by atoms with Gasteiger partial charge in [0.15, 0.2) is 11.6 Å². The molecule has 1 atom stereocenters. The van der Waals surface area contributed by atoms with Crippen LogP contribution in [0.2, 0.25) is 0 Å². The maximum absolute atomic E-state index is 13.2. The van der Waals surface area contributed by atoms with Crippen LogP contribution in [0, 0.1) is 11.6 Å². The average Bonchev–Trinajstić information content (AvgIpc) is 3.04. The van der Waals surface area contributed by atoms with Gasteiger partial charge in [0.1, 0.15) is 0 Å². The van der Waals surface area contributed by atoms with Gasteiger partial charge in [0, 0.05) is 17.5 Å². The molecule has 100 valence electrons. The fourth-order valence-corrected chi connectivity index (χ4v) is 3.59. The van der Waals surface area contributed by atoms with Crippen LogP contribution < -0.4 is 0 Å². The highest BCUT2D eigenvalue weighted by molar-refractivity contribution is 7.10. The topological polar surface area (TPSA) is 3.24 Å². The first-order valence-electron chi connectivity index (χ1n) is 6.45. The van der Waals surface area contributed by atoms with Crippen LogP contribution in [0.25, 0.3) is 0 Å². The first-order valence-corrected chi connectivity index (χ1v) is 7.33. The molecule has 0 radical (unpaired) electrons. The summed E-state index contributed by atoms with van der Waals surface area (Å²) in [6.07, 6.45) is 2.30. The van der Waals surface area contributed by atoms with Gasteiger partial charge in [-0.05, 0) is 48.5 Å². The monoisotopic (exact) mass is 279 g/mol. The molecule has 2 heterocycles. The van der Waals surface area contributed by atoms with E-state index >= 15 is 0 Å². The third kappa shape index (κ3) is 2.69. The first kappa shape index (κ1) is 12.8. The van der Waals surface area contributed by atoms with E-state index in [9.17, 15) is 8.78 Å². The van der Waals surface area contributed by atoms with E-state index in [1.807, 2.05) is 0 Å². The molecule has 1 unspecified atom stereocenters. The summed E-state index contributed by atoms with van der Waals surface area (Å²) >= 11 is 1.76. The van der Waals surface area contributed by atoms with E-state index in [0.717, 1.165) is 24.9 Å². The molecule has 0 saturated carbocycles. The molecule has 0 N–H and O–H groups in total. The maximum Gasteiger partial charge on any atom is 0.159 e. The van der Waals surface area contributed by atoms with Crippen molar-refractivity contribution in [2.75, 3.05) is 6.54 Å². The van der Waals surface area contributed by atoms with Gasteiger partial charge in [-0.2, -0.15) is 0 Å². The van der Waals surface area contributed by atoms with Crippen molar-refractivity contribution in [3.05, 3.63) is 57.8 Å². The van der Waals surface area contributed by atoms with Gasteiger partial charge in [0.05, 0.1) is 0 Å². The largest absolute Gasteiger partial charge is 0.291 e. The van der Waals surface area contributed by atoms with Crippen LogP contribution in [-0.4, -0.2) is 11.4 Å². The molecule has 1 fully saturated rings. The molecule has 4 heteroatoms. The SMILES string of the molecule is Fc1ccc(CN2CCCC2c2cccs2)cc1F. The predicted molar refractivity (Wildman–Crippen MR) is 73.1 cm³/mol. The minimum Gasteiger partial charge on any atom is -0.291 e. The van der Waals surface area contributed by atoms with Gasteiger partial charge >= 0.3 is 0 Å². The zero-order valence-corrected chi connectivity index (χ0v) is 11.3. The summed E-state index contributed by atoms with van der Waals surface area (Å²) < 4.78 is 26.2. The number of hydrogen-bond acceptors (Lipinski definition) is 2. The molecule has 0 spiro atoms. The highest BCUT2D eigenvalue weighted by atomic mass is 32.1. The molecule has 0 aliphatic carbocycles. The summed E-state index contributed by atoms with van der Waals surface area (Å²) in [5.41, 5.74) is 0.836. The third-order valence-corrected chi connectivity index (χ3v) is 4.58. The third-order valence-electron chi connectivity index (χ3n) is 3.60. The first-order chi connectivity index (χ1) is 9.24. The van der Waals surface area contributed by atoms with E-state index in [0.29, 0.717) is 12.6 Å². The van der Waals surface area contributed by atoms with Crippen LogP contribution >= 0.6 is 11.3 Å². The molecule has 1 saturated heterocycles. The normalized spacial score (nSPS) is 20.0. The molecule has 1 aromatic carbocycles. The van der Waals surface area contributed by atoms with Crippen molar-refractivity contribution in [2.24, 2.45) is 0 Å². The van der Waals surface area contributed by atoms with Gasteiger partial charge in [0.25, 0.3) is 0 Å². The molecule has 1 aliphatic heterocycles. The summed E-state index contributed by atoms with van der Waals surface area (Å²) in [7, 11) is 0. The Morgan fingerprint density at radius 3 is 2.84 bits per heavy atom. The van der Waals surface area contributed by atoms with Crippen molar-refractivity contribution in [3.8, 4) is 0 Å². The summed E-state index contributed by atoms with van der Waals surface area (Å²) in [4.78, 5) is 3.71. The number of hydrogen-bond donors (Lipinski definition) is 0. The van der Waals surface area contributed by atoms with Crippen molar-refractivity contribution in [2.45, 2.75) is 25.4 Å². The average molecular weight is 279 g/mol. The minimum atomic E-state index is -0.778. The zero-order valence-electron chi connectivity index (χ0n) is 10.5. The Morgan fingerprint density at radius 2 is 2.11 bits per heavy atom. The molecule has 2 aromatic rings. The van der Waals surface area contributed by atoms with E-state index in [1.165, 1.54) is 17.0 Å². The Kier molecular flexibility index (Phi) is 3.62. The van der Waals surface area contributed by atoms with E-state index in [-0.39, 0.29) is 0 Å². The van der Waals surface area contributed by atoms with E-state index < -0.39 is 11.6 Å². The number of rotatable bonds is 3. The summed E-state index contributed by atoms with van der Waals surface area (Å²) in [5, 5.41) is 2.09. The Hall–Kier alpha value is -1.26. The van der Waals surface area contributed by atoms with Crippen LogP contribution in [-0.2, 0) is 6.54 Å². The molecule has 3 rings (SSSR count). The van der Waals surface area contributed by atoms with Crippen LogP contribution in [0.3, 0.4) is 0 Å². The van der Waals surface area contributed by atoms with Crippen molar-refractivity contribution in [1.82, 2.24) is 4.90 Å². The van der Waals surface area contributed by atoms with E-state index in [2.05, 4.69) is 22.4 Å². The minimum absolute atomic E-state index is 0.424. The van der Waals surface area contributed by atoms with E-state index in [1.54, 1.807) is 17.4 Å². The van der Waals surface area contributed by atoms with Gasteiger partial charge in [-0.25, -0.2) is 8.78 Å². The molecule has 1 aliphatic rings. The lowest BCUT2D eigenvalue weighted by Gasteiger charge is -2.23. The van der Waals surface area contributed by atoms with Crippen LogP contribution in [0.15, 0.2) is 35.7 Å². The fourth-order valence-electron chi connectivity index (χ4n) is 2.69. The van der Waals surface area contributed by atoms with Gasteiger partial charge in [-0.15, -0.1) is 11.3 Å². The standard InChI is InChI=1S/C15H15F2NS/c16-12-6-5-11(9-13(12)17)10-18-7-1-3-14(18)15-4-2-8-19-15/h2,4-6,8-9,14H,1,3,7,10H2. The molecular formula is C15H15F2NS. The Bertz CT molecular complexity index is 553. The van der Waals surface area contributed by atoms with Crippen molar-refractivity contribution >= 4 is 11.3 Å². The van der Waals surface area contributed by atoms with Gasteiger partial charge < -0.3 is 0 Å².